The minimum absolute atomic E-state index is 0.297. The Morgan fingerprint density at radius 2 is 1.57 bits per heavy atom. The number of hydrogen-bond donors (Lipinski definition) is 5. The van der Waals surface area contributed by atoms with Crippen molar-refractivity contribution in [2.24, 2.45) is 21.8 Å². The first-order valence-electron chi connectivity index (χ1n) is 16.2. The van der Waals surface area contributed by atoms with Crippen LogP contribution in [-0.2, 0) is 18.9 Å². The molecular weight excluding hydrogens is 542 g/mol. The quantitative estimate of drug-likeness (QED) is 0.118. The van der Waals surface area contributed by atoms with Gasteiger partial charge in [-0.15, -0.1) is 0 Å². The summed E-state index contributed by atoms with van der Waals surface area (Å²) in [5, 5.41) is 46.0. The van der Waals surface area contributed by atoms with Crippen molar-refractivity contribution in [2.75, 3.05) is 33.9 Å². The number of aliphatic hydroxyl groups excluding tert-OH is 4. The molecule has 3 aliphatic rings. The van der Waals surface area contributed by atoms with Gasteiger partial charge in [-0.3, -0.25) is 4.99 Å². The highest BCUT2D eigenvalue weighted by molar-refractivity contribution is 5.60. The Balaban J connectivity index is 1.60. The van der Waals surface area contributed by atoms with Crippen molar-refractivity contribution in [1.82, 2.24) is 5.32 Å². The second-order valence-electron chi connectivity index (χ2n) is 12.2. The molecule has 0 radical (unpaired) electrons. The first-order valence-corrected chi connectivity index (χ1v) is 16.2. The number of aliphatic imine (C=N–C) groups is 2. The summed E-state index contributed by atoms with van der Waals surface area (Å²) in [6.07, 6.45) is 11.0. The molecule has 2 heterocycles. The van der Waals surface area contributed by atoms with Crippen LogP contribution < -0.4 is 5.32 Å². The lowest BCUT2D eigenvalue weighted by atomic mass is 9.89. The van der Waals surface area contributed by atoms with Gasteiger partial charge >= 0.3 is 0 Å². The number of unbranched alkanes of at least 4 members (excludes halogenated alkanes) is 5. The van der Waals surface area contributed by atoms with Gasteiger partial charge in [0.2, 0.25) is 0 Å². The lowest BCUT2D eigenvalue weighted by molar-refractivity contribution is -0.323. The summed E-state index contributed by atoms with van der Waals surface area (Å²) < 4.78 is 23.9. The van der Waals surface area contributed by atoms with E-state index in [0.717, 1.165) is 31.6 Å². The number of nitrogens with zero attached hydrogens (tertiary/aromatic N) is 2. The smallest absolute Gasteiger partial charge is 0.183 e. The molecule has 3 fully saturated rings. The summed E-state index contributed by atoms with van der Waals surface area (Å²) in [5.41, 5.74) is 0. The molecule has 4 unspecified atom stereocenters. The van der Waals surface area contributed by atoms with Gasteiger partial charge in [0.1, 0.15) is 24.4 Å². The van der Waals surface area contributed by atoms with E-state index in [1.807, 2.05) is 6.21 Å². The van der Waals surface area contributed by atoms with Crippen LogP contribution in [0.2, 0.25) is 0 Å². The van der Waals surface area contributed by atoms with E-state index >= 15 is 0 Å². The number of hydrogen-bond acceptors (Lipinski definition) is 11. The molecule has 42 heavy (non-hydrogen) atoms. The molecule has 0 aromatic rings. The maximum atomic E-state index is 11.5. The molecule has 1 saturated carbocycles. The number of aliphatic hydroxyl groups is 4. The van der Waals surface area contributed by atoms with Crippen LogP contribution in [0.4, 0.5) is 0 Å². The van der Waals surface area contributed by atoms with Crippen LogP contribution >= 0.6 is 0 Å². The third-order valence-electron chi connectivity index (χ3n) is 9.14. The van der Waals surface area contributed by atoms with Crippen molar-refractivity contribution in [3.05, 3.63) is 0 Å². The lowest BCUT2D eigenvalue weighted by Crippen LogP contribution is -2.66. The van der Waals surface area contributed by atoms with Crippen LogP contribution in [0.3, 0.4) is 0 Å². The first kappa shape index (κ1) is 35.5. The van der Waals surface area contributed by atoms with Gasteiger partial charge in [0.25, 0.3) is 0 Å². The predicted molar refractivity (Wildman–Crippen MR) is 162 cm³/mol. The van der Waals surface area contributed by atoms with Gasteiger partial charge in [-0.2, -0.15) is 0 Å². The Kier molecular flexibility index (Phi) is 16.4. The van der Waals surface area contributed by atoms with Gasteiger partial charge in [-0.05, 0) is 50.6 Å². The monoisotopic (exact) mass is 599 g/mol. The third-order valence-corrected chi connectivity index (χ3v) is 9.14. The Bertz CT molecular complexity index is 783. The topological polar surface area (TPSA) is 155 Å². The number of nitrogens with one attached hydrogen (secondary N) is 1. The Hall–Kier alpha value is -1.02. The molecule has 244 valence electrons. The fourth-order valence-electron chi connectivity index (χ4n) is 6.46. The lowest BCUT2D eigenvalue weighted by Gasteiger charge is -2.47. The van der Waals surface area contributed by atoms with Crippen LogP contribution in [0.15, 0.2) is 9.98 Å². The van der Waals surface area contributed by atoms with Gasteiger partial charge in [0.05, 0.1) is 31.5 Å². The Morgan fingerprint density at radius 3 is 2.26 bits per heavy atom. The molecule has 0 spiro atoms. The maximum absolute atomic E-state index is 11.5. The Morgan fingerprint density at radius 1 is 0.881 bits per heavy atom. The third kappa shape index (κ3) is 10.3. The number of ether oxygens (including phenoxy) is 4. The summed E-state index contributed by atoms with van der Waals surface area (Å²) in [6, 6.07) is -1.37. The molecule has 3 rings (SSSR count). The van der Waals surface area contributed by atoms with Crippen LogP contribution in [0.25, 0.3) is 0 Å². The van der Waals surface area contributed by atoms with Crippen molar-refractivity contribution in [1.29, 1.82) is 0 Å². The second kappa shape index (κ2) is 19.4. The van der Waals surface area contributed by atoms with E-state index in [-0.39, 0.29) is 12.5 Å². The minimum Gasteiger partial charge on any atom is -0.394 e. The average molecular weight is 600 g/mol. The van der Waals surface area contributed by atoms with Crippen molar-refractivity contribution >= 4 is 12.4 Å². The highest BCUT2D eigenvalue weighted by Crippen LogP contribution is 2.33. The highest BCUT2D eigenvalue weighted by Gasteiger charge is 2.50. The van der Waals surface area contributed by atoms with E-state index in [4.69, 9.17) is 18.9 Å². The molecule has 2 aliphatic heterocycles. The zero-order valence-corrected chi connectivity index (χ0v) is 25.9. The molecule has 0 bridgehead atoms. The van der Waals surface area contributed by atoms with Crippen LogP contribution in [0.5, 0.6) is 0 Å². The summed E-state index contributed by atoms with van der Waals surface area (Å²) in [7, 11) is 3.25. The van der Waals surface area contributed by atoms with Crippen LogP contribution in [0.1, 0.15) is 84.0 Å². The van der Waals surface area contributed by atoms with Gasteiger partial charge in [-0.25, -0.2) is 0 Å². The number of rotatable bonds is 18. The zero-order valence-electron chi connectivity index (χ0n) is 25.9. The standard InChI is InChI=1S/C31H57N3O8/c1-21-23(19-35)40-31(25(27(21)37)33-18-12-6-10-16-32-2)42-29-24(20-36)41-30(39-3)26(28(29)38)34-17-11-5-4-7-13-22-14-8-9-15-22/h16,18,21-31,34-38H,4-15,17,19-20H2,1-3H3/t21-,23?,24?,25?,26?,27+,28-,29-,30-,31+/m1/s1. The van der Waals surface area contributed by atoms with Gasteiger partial charge < -0.3 is 49.7 Å². The minimum atomic E-state index is -1.09. The molecule has 0 amide bonds. The van der Waals surface area contributed by atoms with Gasteiger partial charge in [-0.1, -0.05) is 58.3 Å². The molecule has 0 aromatic heterocycles. The molecule has 0 aromatic carbocycles. The van der Waals surface area contributed by atoms with Gasteiger partial charge in [0, 0.05) is 20.1 Å². The predicted octanol–water partition coefficient (Wildman–Crippen LogP) is 2.22. The molecule has 10 atom stereocenters. The van der Waals surface area contributed by atoms with Crippen LogP contribution in [-0.4, -0.2) is 122 Å². The van der Waals surface area contributed by atoms with E-state index in [2.05, 4.69) is 15.3 Å². The SMILES string of the molecule is CN=CCCCC=NC1[C@H](O[C@@H]2C(CO)O[C@@H](OC)C(NCCCCCCC3CCCC3)[C@H]2O)OC(CO)[C@@H](C)[C@@H]1O. The zero-order chi connectivity index (χ0) is 30.3. The summed E-state index contributed by atoms with van der Waals surface area (Å²) in [6.45, 7) is 1.78. The highest BCUT2D eigenvalue weighted by atomic mass is 16.7. The van der Waals surface area contributed by atoms with E-state index in [1.165, 1.54) is 52.1 Å². The number of methoxy groups -OCH3 is 1. The fraction of sp³-hybridized carbons (Fsp3) is 0.935. The normalized spacial score (nSPS) is 36.5. The summed E-state index contributed by atoms with van der Waals surface area (Å²) in [5.74, 6) is 0.545. The van der Waals surface area contributed by atoms with Crippen molar-refractivity contribution in [3.8, 4) is 0 Å². The molecule has 11 nitrogen and oxygen atoms in total. The van der Waals surface area contributed by atoms with Crippen LogP contribution in [0, 0.1) is 11.8 Å². The van der Waals surface area contributed by atoms with Gasteiger partial charge in [0.15, 0.2) is 12.6 Å². The summed E-state index contributed by atoms with van der Waals surface area (Å²) >= 11 is 0. The molecular formula is C31H57N3O8. The van der Waals surface area contributed by atoms with E-state index in [1.54, 1.807) is 20.2 Å². The van der Waals surface area contributed by atoms with Crippen molar-refractivity contribution < 1.29 is 39.4 Å². The van der Waals surface area contributed by atoms with Crippen molar-refractivity contribution in [2.45, 2.75) is 139 Å². The van der Waals surface area contributed by atoms with E-state index in [0.29, 0.717) is 13.0 Å². The Labute approximate surface area is 252 Å². The molecule has 1 aliphatic carbocycles. The maximum Gasteiger partial charge on any atom is 0.183 e. The van der Waals surface area contributed by atoms with E-state index in [9.17, 15) is 20.4 Å². The largest absolute Gasteiger partial charge is 0.394 e. The first-order chi connectivity index (χ1) is 20.4. The average Bonchev–Trinajstić information content (AvgIpc) is 3.52. The second-order valence-corrected chi connectivity index (χ2v) is 12.2. The van der Waals surface area contributed by atoms with Crippen molar-refractivity contribution in [3.63, 3.8) is 0 Å². The van der Waals surface area contributed by atoms with E-state index < -0.39 is 61.8 Å². The summed E-state index contributed by atoms with van der Waals surface area (Å²) in [4.78, 5) is 8.57. The molecule has 11 heteroatoms. The molecule has 2 saturated heterocycles. The fourth-order valence-corrected chi connectivity index (χ4v) is 6.46. The molecule has 5 N–H and O–H groups in total.